The zero-order chi connectivity index (χ0) is 24.1. The molecule has 0 saturated carbocycles. The molecule has 0 bridgehead atoms. The molecule has 1 amide bonds. The number of benzene rings is 2. The van der Waals surface area contributed by atoms with E-state index >= 15 is 0 Å². The number of alkyl halides is 3. The van der Waals surface area contributed by atoms with E-state index in [1.807, 2.05) is 6.07 Å². The van der Waals surface area contributed by atoms with Gasteiger partial charge in [0.25, 0.3) is 5.91 Å². The van der Waals surface area contributed by atoms with Crippen LogP contribution in [-0.4, -0.2) is 14.8 Å². The molecule has 1 aromatic heterocycles. The van der Waals surface area contributed by atoms with Crippen LogP contribution in [0.25, 0.3) is 11.8 Å². The van der Waals surface area contributed by atoms with Crippen molar-refractivity contribution in [3.8, 4) is 5.69 Å². The molecule has 3 nitrogen and oxygen atoms in total. The summed E-state index contributed by atoms with van der Waals surface area (Å²) in [4.78, 5) is 14.9. The topological polar surface area (TPSA) is 25.2 Å². The molecule has 1 aliphatic heterocycles. The summed E-state index contributed by atoms with van der Waals surface area (Å²) in [5, 5.41) is 0.454. The lowest BCUT2D eigenvalue weighted by atomic mass is 10.2. The van der Waals surface area contributed by atoms with Gasteiger partial charge in [-0.25, -0.2) is 0 Å². The molecule has 2 aromatic carbocycles. The number of thiocarbonyl (C=S) groups is 1. The van der Waals surface area contributed by atoms with Gasteiger partial charge >= 0.3 is 6.18 Å². The van der Waals surface area contributed by atoms with Crippen LogP contribution >= 0.6 is 51.5 Å². The number of halogens is 5. The average Bonchev–Trinajstić information content (AvgIpc) is 3.18. The van der Waals surface area contributed by atoms with Crippen LogP contribution < -0.4 is 4.90 Å². The zero-order valence-corrected chi connectivity index (χ0v) is 21.2. The van der Waals surface area contributed by atoms with Gasteiger partial charge in [-0.15, -0.1) is 0 Å². The molecular formula is C23H15BrClF3N2OS2. The summed E-state index contributed by atoms with van der Waals surface area (Å²) in [6.45, 7) is 3.61. The number of hydrogen-bond acceptors (Lipinski definition) is 3. The van der Waals surface area contributed by atoms with Crippen LogP contribution in [0.15, 0.2) is 57.9 Å². The van der Waals surface area contributed by atoms with Crippen molar-refractivity contribution in [1.82, 2.24) is 4.57 Å². The summed E-state index contributed by atoms with van der Waals surface area (Å²) in [5.74, 6) is -0.285. The SMILES string of the molecule is Cc1cc(/C=C2\SC(=S)N(c3ccc(Br)c(Cl)c3)C2=O)c(C)n1-c1cccc(C(F)(F)F)c1. The Labute approximate surface area is 211 Å². The third-order valence-electron chi connectivity index (χ3n) is 5.14. The standard InChI is InChI=1S/C23H15BrClF3N2OS2/c1-12-8-14(13(2)29(12)16-5-3-4-15(10-16)23(26,27)28)9-20-21(31)30(22(32)33-20)17-6-7-18(24)19(25)11-17/h3-11H,1-2H3/b20-9-. The van der Waals surface area contributed by atoms with E-state index in [4.69, 9.17) is 23.8 Å². The number of aromatic nitrogens is 1. The van der Waals surface area contributed by atoms with Gasteiger partial charge in [0, 0.05) is 21.5 Å². The lowest BCUT2D eigenvalue weighted by molar-refractivity contribution is -0.137. The number of carbonyl (C=O) groups is 1. The molecule has 4 rings (SSSR count). The Morgan fingerprint density at radius 1 is 1.09 bits per heavy atom. The molecule has 1 saturated heterocycles. The van der Waals surface area contributed by atoms with Gasteiger partial charge in [0.2, 0.25) is 0 Å². The molecule has 0 spiro atoms. The maximum Gasteiger partial charge on any atom is 0.416 e. The number of amides is 1. The summed E-state index contributed by atoms with van der Waals surface area (Å²) in [7, 11) is 0. The summed E-state index contributed by atoms with van der Waals surface area (Å²) in [5.41, 5.74) is 2.42. The number of carbonyl (C=O) groups excluding carboxylic acids is 1. The molecule has 0 unspecified atom stereocenters. The highest BCUT2D eigenvalue weighted by atomic mass is 79.9. The van der Waals surface area contributed by atoms with Gasteiger partial charge in [0.1, 0.15) is 0 Å². The number of anilines is 1. The Bertz CT molecular complexity index is 1330. The molecule has 10 heteroatoms. The minimum absolute atomic E-state index is 0.285. The molecule has 3 aromatic rings. The number of thioether (sulfide) groups is 1. The van der Waals surface area contributed by atoms with E-state index in [1.165, 1.54) is 11.0 Å². The van der Waals surface area contributed by atoms with E-state index in [9.17, 15) is 18.0 Å². The maximum absolute atomic E-state index is 13.2. The van der Waals surface area contributed by atoms with E-state index in [2.05, 4.69) is 15.9 Å². The Morgan fingerprint density at radius 2 is 1.82 bits per heavy atom. The molecular weight excluding hydrogens is 557 g/mol. The van der Waals surface area contributed by atoms with Crippen LogP contribution in [0, 0.1) is 13.8 Å². The zero-order valence-electron chi connectivity index (χ0n) is 17.2. The van der Waals surface area contributed by atoms with Crippen LogP contribution in [0.5, 0.6) is 0 Å². The largest absolute Gasteiger partial charge is 0.416 e. The number of hydrogen-bond donors (Lipinski definition) is 0. The summed E-state index contributed by atoms with van der Waals surface area (Å²) in [6.07, 6.45) is -2.72. The summed E-state index contributed by atoms with van der Waals surface area (Å²) < 4.78 is 42.3. The second-order valence-electron chi connectivity index (χ2n) is 7.33. The predicted octanol–water partition coefficient (Wildman–Crippen LogP) is 7.93. The monoisotopic (exact) mass is 570 g/mol. The van der Waals surface area contributed by atoms with Crippen LogP contribution in [0.2, 0.25) is 5.02 Å². The molecule has 170 valence electrons. The van der Waals surface area contributed by atoms with Crippen LogP contribution in [0.3, 0.4) is 0 Å². The van der Waals surface area contributed by atoms with E-state index in [-0.39, 0.29) is 5.91 Å². The molecule has 2 heterocycles. The smallest absolute Gasteiger partial charge is 0.318 e. The molecule has 0 atom stereocenters. The van der Waals surface area contributed by atoms with Crippen molar-refractivity contribution < 1.29 is 18.0 Å². The highest BCUT2D eigenvalue weighted by Crippen LogP contribution is 2.39. The van der Waals surface area contributed by atoms with Crippen molar-refractivity contribution in [3.05, 3.63) is 85.4 Å². The van der Waals surface area contributed by atoms with Gasteiger partial charge in [0.15, 0.2) is 4.32 Å². The molecule has 1 fully saturated rings. The second-order valence-corrected chi connectivity index (χ2v) is 10.3. The van der Waals surface area contributed by atoms with Crippen molar-refractivity contribution in [2.45, 2.75) is 20.0 Å². The fourth-order valence-corrected chi connectivity index (χ4v) is 5.32. The van der Waals surface area contributed by atoms with Crippen molar-refractivity contribution in [2.24, 2.45) is 0 Å². The maximum atomic E-state index is 13.2. The first-order chi connectivity index (χ1) is 15.5. The van der Waals surface area contributed by atoms with E-state index < -0.39 is 11.7 Å². The number of nitrogens with zero attached hydrogens (tertiary/aromatic N) is 2. The van der Waals surface area contributed by atoms with E-state index in [0.29, 0.717) is 35.8 Å². The van der Waals surface area contributed by atoms with E-state index in [1.54, 1.807) is 48.8 Å². The minimum Gasteiger partial charge on any atom is -0.318 e. The van der Waals surface area contributed by atoms with Gasteiger partial charge in [0.05, 0.1) is 21.2 Å². The Hall–Kier alpha value is -2.07. The highest BCUT2D eigenvalue weighted by Gasteiger charge is 2.34. The Kier molecular flexibility index (Phi) is 6.52. The summed E-state index contributed by atoms with van der Waals surface area (Å²) in [6, 6.07) is 12.1. The molecule has 1 aliphatic rings. The van der Waals surface area contributed by atoms with Crippen LogP contribution in [0.1, 0.15) is 22.5 Å². The van der Waals surface area contributed by atoms with Crippen molar-refractivity contribution in [2.75, 3.05) is 4.90 Å². The fourth-order valence-electron chi connectivity index (χ4n) is 3.61. The minimum atomic E-state index is -4.43. The van der Waals surface area contributed by atoms with E-state index in [0.717, 1.165) is 35.2 Å². The quantitative estimate of drug-likeness (QED) is 0.236. The van der Waals surface area contributed by atoms with Crippen molar-refractivity contribution in [3.63, 3.8) is 0 Å². The molecule has 33 heavy (non-hydrogen) atoms. The first-order valence-corrected chi connectivity index (χ1v) is 12.0. The Balaban J connectivity index is 1.70. The first kappa shape index (κ1) is 24.1. The van der Waals surface area contributed by atoms with Crippen molar-refractivity contribution in [1.29, 1.82) is 0 Å². The Morgan fingerprint density at radius 3 is 2.48 bits per heavy atom. The second kappa shape index (κ2) is 8.94. The van der Waals surface area contributed by atoms with Gasteiger partial charge in [-0.1, -0.05) is 41.6 Å². The normalized spacial score (nSPS) is 15.7. The van der Waals surface area contributed by atoms with Gasteiger partial charge in [-0.3, -0.25) is 9.69 Å². The molecule has 0 N–H and O–H groups in total. The fraction of sp³-hybridized carbons (Fsp3) is 0.130. The third-order valence-corrected chi connectivity index (χ3v) is 7.68. The lowest BCUT2D eigenvalue weighted by Crippen LogP contribution is -2.27. The van der Waals surface area contributed by atoms with Crippen LogP contribution in [-0.2, 0) is 11.0 Å². The number of aryl methyl sites for hydroxylation is 1. The predicted molar refractivity (Wildman–Crippen MR) is 135 cm³/mol. The average molecular weight is 572 g/mol. The molecule has 0 aliphatic carbocycles. The highest BCUT2D eigenvalue weighted by molar-refractivity contribution is 9.10. The van der Waals surface area contributed by atoms with Gasteiger partial charge in [-0.05, 0) is 83.9 Å². The first-order valence-electron chi connectivity index (χ1n) is 9.57. The van der Waals surface area contributed by atoms with Gasteiger partial charge in [-0.2, -0.15) is 13.2 Å². The van der Waals surface area contributed by atoms with Crippen LogP contribution in [0.4, 0.5) is 18.9 Å². The number of rotatable bonds is 3. The molecule has 0 radical (unpaired) electrons. The lowest BCUT2D eigenvalue weighted by Gasteiger charge is -2.15. The van der Waals surface area contributed by atoms with Crippen molar-refractivity contribution >= 4 is 73.5 Å². The third kappa shape index (κ3) is 4.64. The summed E-state index contributed by atoms with van der Waals surface area (Å²) >= 11 is 16.1. The van der Waals surface area contributed by atoms with Gasteiger partial charge < -0.3 is 4.57 Å².